The molecule has 1 fully saturated rings. The van der Waals surface area contributed by atoms with Gasteiger partial charge >= 0.3 is 5.97 Å². The van der Waals surface area contributed by atoms with Gasteiger partial charge in [-0.1, -0.05) is 18.2 Å². The van der Waals surface area contributed by atoms with Crippen LogP contribution in [0.25, 0.3) is 5.52 Å². The third-order valence-corrected chi connectivity index (χ3v) is 6.20. The van der Waals surface area contributed by atoms with E-state index in [1.807, 2.05) is 19.9 Å². The normalized spacial score (nSPS) is 16.6. The summed E-state index contributed by atoms with van der Waals surface area (Å²) in [7, 11) is 0. The number of benzene rings is 1. The second-order valence-electron chi connectivity index (χ2n) is 8.79. The molecule has 0 radical (unpaired) electrons. The van der Waals surface area contributed by atoms with Crippen molar-refractivity contribution in [3.8, 4) is 0 Å². The van der Waals surface area contributed by atoms with E-state index in [1.54, 1.807) is 46.7 Å². The van der Waals surface area contributed by atoms with Gasteiger partial charge in [0.1, 0.15) is 0 Å². The summed E-state index contributed by atoms with van der Waals surface area (Å²) in [4.78, 5) is 26.4. The molecule has 1 aromatic carbocycles. The van der Waals surface area contributed by atoms with Crippen LogP contribution in [0.15, 0.2) is 47.4 Å². The summed E-state index contributed by atoms with van der Waals surface area (Å²) >= 11 is 0. The van der Waals surface area contributed by atoms with Gasteiger partial charge in [0.2, 0.25) is 0 Å². The first-order valence-corrected chi connectivity index (χ1v) is 11.0. The van der Waals surface area contributed by atoms with Gasteiger partial charge in [-0.3, -0.25) is 9.20 Å². The average Bonchev–Trinajstić information content (AvgIpc) is 2.75. The topological polar surface area (TPSA) is 74.0 Å². The highest BCUT2D eigenvalue weighted by atomic mass is 19.3. The highest BCUT2D eigenvalue weighted by molar-refractivity contribution is 5.94. The van der Waals surface area contributed by atoms with Crippen molar-refractivity contribution < 1.29 is 18.7 Å². The summed E-state index contributed by atoms with van der Waals surface area (Å²) in [5.41, 5.74) is 3.54. The van der Waals surface area contributed by atoms with Crippen molar-refractivity contribution in [3.05, 3.63) is 75.2 Å². The SMILES string of the molecule is Cc1cc([C@H](C)Nc2ccccc2C(=O)O)c2cc(N3CCCC(F)(F)C3)c(C)c(=O)n2c1. The van der Waals surface area contributed by atoms with E-state index in [4.69, 9.17) is 0 Å². The number of alkyl halides is 2. The Balaban J connectivity index is 1.83. The van der Waals surface area contributed by atoms with Crippen molar-refractivity contribution in [2.45, 2.75) is 45.6 Å². The third kappa shape index (κ3) is 4.42. The number of nitrogens with zero attached hydrogens (tertiary/aromatic N) is 2. The number of nitrogens with one attached hydrogen (secondary N) is 1. The molecule has 174 valence electrons. The van der Waals surface area contributed by atoms with Crippen LogP contribution in [0.1, 0.15) is 52.9 Å². The zero-order valence-electron chi connectivity index (χ0n) is 18.9. The quantitative estimate of drug-likeness (QED) is 0.565. The molecule has 0 saturated carbocycles. The van der Waals surface area contributed by atoms with Crippen LogP contribution < -0.4 is 15.8 Å². The van der Waals surface area contributed by atoms with Crippen LogP contribution in [0.4, 0.5) is 20.2 Å². The Bertz CT molecular complexity index is 1290. The second-order valence-corrected chi connectivity index (χ2v) is 8.79. The van der Waals surface area contributed by atoms with Gasteiger partial charge in [0, 0.05) is 36.1 Å². The number of fused-ring (bicyclic) bond motifs is 1. The third-order valence-electron chi connectivity index (χ3n) is 6.20. The number of pyridine rings is 2. The van der Waals surface area contributed by atoms with Crippen LogP contribution in [0.5, 0.6) is 0 Å². The molecule has 0 aliphatic carbocycles. The minimum atomic E-state index is -2.79. The number of carbonyl (C=O) groups is 1. The van der Waals surface area contributed by atoms with Gasteiger partial charge in [-0.25, -0.2) is 13.6 Å². The van der Waals surface area contributed by atoms with E-state index in [0.717, 1.165) is 11.1 Å². The average molecular weight is 456 g/mol. The number of para-hydroxylation sites is 1. The largest absolute Gasteiger partial charge is 0.478 e. The maximum absolute atomic E-state index is 14.1. The van der Waals surface area contributed by atoms with Crippen LogP contribution in [-0.4, -0.2) is 34.5 Å². The monoisotopic (exact) mass is 455 g/mol. The van der Waals surface area contributed by atoms with Crippen molar-refractivity contribution in [1.29, 1.82) is 0 Å². The fourth-order valence-electron chi connectivity index (χ4n) is 4.57. The van der Waals surface area contributed by atoms with Crippen molar-refractivity contribution in [3.63, 3.8) is 0 Å². The van der Waals surface area contributed by atoms with E-state index in [9.17, 15) is 23.5 Å². The smallest absolute Gasteiger partial charge is 0.337 e. The predicted octanol–water partition coefficient (Wildman–Crippen LogP) is 5.02. The van der Waals surface area contributed by atoms with E-state index in [0.29, 0.717) is 35.4 Å². The van der Waals surface area contributed by atoms with Gasteiger partial charge in [0.25, 0.3) is 11.5 Å². The highest BCUT2D eigenvalue weighted by Gasteiger charge is 2.36. The summed E-state index contributed by atoms with van der Waals surface area (Å²) in [6.45, 7) is 5.48. The van der Waals surface area contributed by atoms with Crippen molar-refractivity contribution in [2.75, 3.05) is 23.3 Å². The number of carboxylic acid groups (broad SMARTS) is 1. The van der Waals surface area contributed by atoms with Gasteiger partial charge in [-0.2, -0.15) is 0 Å². The fraction of sp³-hybridized carbons (Fsp3) is 0.360. The van der Waals surface area contributed by atoms with E-state index in [-0.39, 0.29) is 23.6 Å². The first-order chi connectivity index (χ1) is 15.6. The molecule has 1 atom stereocenters. The predicted molar refractivity (Wildman–Crippen MR) is 125 cm³/mol. The molecule has 3 aromatic rings. The molecule has 3 heterocycles. The van der Waals surface area contributed by atoms with Crippen molar-refractivity contribution in [2.24, 2.45) is 0 Å². The number of aryl methyl sites for hydroxylation is 1. The number of anilines is 2. The van der Waals surface area contributed by atoms with Crippen LogP contribution >= 0.6 is 0 Å². The summed E-state index contributed by atoms with van der Waals surface area (Å²) in [6, 6.07) is 10.00. The molecular weight excluding hydrogens is 428 g/mol. The lowest BCUT2D eigenvalue weighted by Gasteiger charge is -2.35. The molecular formula is C25H27F2N3O3. The maximum Gasteiger partial charge on any atom is 0.337 e. The van der Waals surface area contributed by atoms with Crippen LogP contribution in [-0.2, 0) is 0 Å². The first-order valence-electron chi connectivity index (χ1n) is 11.0. The Labute approximate surface area is 190 Å². The number of halogens is 2. The molecule has 1 saturated heterocycles. The lowest BCUT2D eigenvalue weighted by Crippen LogP contribution is -2.43. The van der Waals surface area contributed by atoms with Gasteiger partial charge in [0.05, 0.1) is 23.7 Å². The number of hydrogen-bond acceptors (Lipinski definition) is 4. The molecule has 0 bridgehead atoms. The van der Waals surface area contributed by atoms with Crippen molar-refractivity contribution in [1.82, 2.24) is 4.40 Å². The summed E-state index contributed by atoms with van der Waals surface area (Å²) in [5, 5.41) is 12.7. The maximum atomic E-state index is 14.1. The number of aromatic nitrogens is 1. The zero-order chi connectivity index (χ0) is 23.9. The van der Waals surface area contributed by atoms with Gasteiger partial charge in [0.15, 0.2) is 0 Å². The van der Waals surface area contributed by atoms with Gasteiger partial charge in [-0.05, 0) is 56.5 Å². The molecule has 2 aromatic heterocycles. The van der Waals surface area contributed by atoms with Gasteiger partial charge < -0.3 is 15.3 Å². The number of hydrogen-bond donors (Lipinski definition) is 2. The Kier molecular flexibility index (Phi) is 5.86. The highest BCUT2D eigenvalue weighted by Crippen LogP contribution is 2.33. The summed E-state index contributed by atoms with van der Waals surface area (Å²) in [5.74, 6) is -3.83. The van der Waals surface area contributed by atoms with Crippen LogP contribution in [0, 0.1) is 13.8 Å². The standard InChI is InChI=1S/C25H27F2N3O3/c1-15-11-19(17(3)28-20-8-5-4-7-18(20)24(32)33)22-12-21(16(2)23(31)30(22)13-15)29-10-6-9-25(26,27)14-29/h4-5,7-8,11-13,17,28H,6,9-10,14H2,1-3H3,(H,32,33)/t17-/m0/s1. The molecule has 33 heavy (non-hydrogen) atoms. The molecule has 4 rings (SSSR count). The number of rotatable bonds is 5. The summed E-state index contributed by atoms with van der Waals surface area (Å²) in [6.07, 6.45) is 1.95. The molecule has 1 aliphatic rings. The number of aromatic carboxylic acids is 1. The Morgan fingerprint density at radius 1 is 1.21 bits per heavy atom. The number of piperidine rings is 1. The molecule has 0 amide bonds. The minimum absolute atomic E-state index is 0.144. The van der Waals surface area contributed by atoms with Gasteiger partial charge in [-0.15, -0.1) is 0 Å². The molecule has 2 N–H and O–H groups in total. The molecule has 0 spiro atoms. The molecule has 0 unspecified atom stereocenters. The Hall–Kier alpha value is -3.42. The number of carboxylic acids is 1. The lowest BCUT2D eigenvalue weighted by molar-refractivity contribution is -0.0117. The summed E-state index contributed by atoms with van der Waals surface area (Å²) < 4.78 is 29.8. The molecule has 6 nitrogen and oxygen atoms in total. The van der Waals surface area contributed by atoms with Crippen LogP contribution in [0.3, 0.4) is 0 Å². The van der Waals surface area contributed by atoms with E-state index in [2.05, 4.69) is 5.32 Å². The van der Waals surface area contributed by atoms with Crippen molar-refractivity contribution >= 4 is 22.9 Å². The Morgan fingerprint density at radius 2 is 1.94 bits per heavy atom. The minimum Gasteiger partial charge on any atom is -0.478 e. The van der Waals surface area contributed by atoms with E-state index < -0.39 is 18.4 Å². The van der Waals surface area contributed by atoms with Crippen LogP contribution in [0.2, 0.25) is 0 Å². The first kappa shape index (κ1) is 22.8. The van der Waals surface area contributed by atoms with E-state index in [1.165, 1.54) is 6.07 Å². The molecule has 8 heteroatoms. The fourth-order valence-corrected chi connectivity index (χ4v) is 4.57. The second kappa shape index (κ2) is 8.50. The Morgan fingerprint density at radius 3 is 2.64 bits per heavy atom. The molecule has 1 aliphatic heterocycles. The van der Waals surface area contributed by atoms with E-state index >= 15 is 0 Å². The zero-order valence-corrected chi connectivity index (χ0v) is 18.9. The lowest BCUT2D eigenvalue weighted by atomic mass is 10.0.